The monoisotopic (exact) mass is 1410 g/mol. The van der Waals surface area contributed by atoms with Crippen LogP contribution < -0.4 is 21.3 Å². The second-order valence-electron chi connectivity index (χ2n) is 27.8. The van der Waals surface area contributed by atoms with Crippen LogP contribution >= 0.6 is 22.6 Å². The topological polar surface area (TPSA) is 279 Å². The van der Waals surface area contributed by atoms with Gasteiger partial charge in [0.25, 0.3) is 0 Å². The van der Waals surface area contributed by atoms with Gasteiger partial charge in [-0.3, -0.25) is 57.5 Å². The second kappa shape index (κ2) is 34.3. The summed E-state index contributed by atoms with van der Waals surface area (Å²) < 4.78 is 0.870. The molecule has 25 heteroatoms. The van der Waals surface area contributed by atoms with Crippen LogP contribution in [0.15, 0.2) is 24.3 Å². The van der Waals surface area contributed by atoms with Crippen molar-refractivity contribution in [3.8, 4) is 0 Å². The third-order valence-electron chi connectivity index (χ3n) is 20.3. The van der Waals surface area contributed by atoms with Crippen molar-refractivity contribution in [1.82, 2.24) is 60.5 Å². The Labute approximate surface area is 565 Å². The molecule has 4 heterocycles. The van der Waals surface area contributed by atoms with E-state index in [0.717, 1.165) is 48.5 Å². The number of nitrogens with one attached hydrogen (secondary N) is 4. The van der Waals surface area contributed by atoms with E-state index in [0.29, 0.717) is 63.6 Å². The zero-order chi connectivity index (χ0) is 68.8. The van der Waals surface area contributed by atoms with Crippen LogP contribution in [0.2, 0.25) is 0 Å². The summed E-state index contributed by atoms with van der Waals surface area (Å²) in [5.74, 6) is -7.57. The molecule has 12 amide bonds. The average Bonchev–Trinajstić information content (AvgIpc) is 0.823. The largest absolute Gasteiger partial charge is 0.343 e. The summed E-state index contributed by atoms with van der Waals surface area (Å²) in [5.41, 5.74) is -0.967. The number of fused-ring (bicyclic) bond motifs is 2. The highest BCUT2D eigenvalue weighted by Crippen LogP contribution is 2.32. The van der Waals surface area contributed by atoms with E-state index >= 15 is 4.79 Å². The molecule has 4 saturated heterocycles. The van der Waals surface area contributed by atoms with Crippen molar-refractivity contribution in [3.63, 3.8) is 0 Å². The van der Waals surface area contributed by atoms with Gasteiger partial charge in [0.05, 0.1) is 13.0 Å². The average molecular weight is 1410 g/mol. The number of benzene rings is 1. The molecule has 5 aliphatic rings. The molecule has 518 valence electrons. The van der Waals surface area contributed by atoms with Gasteiger partial charge < -0.3 is 60.5 Å². The molecule has 0 aromatic heterocycles. The number of halogens is 1. The minimum absolute atomic E-state index is 0.00261. The SMILES string of the molecule is CCCC[C@@H]1NC(=O)[C@H](Cc2cccc(I)c2)NC(=O)CN(C)C(=O)[C@H](CC2CCCC2)N(C)C(=O)[C@@H]2CCN2C(=O)[C@H](C)N(C)C(=O)[C@H]([C@@H](C)CC)NC(=O)[C@@H]2CCCCN2C(=O)C[C@@H](C(=O)N2CCCCC2)N(C)C(=O)[C@H](CC(C)C)NC(=O)C(C)(C)N(C)C1=O. The van der Waals surface area contributed by atoms with E-state index in [9.17, 15) is 52.7 Å². The van der Waals surface area contributed by atoms with Crippen molar-refractivity contribution < 1.29 is 57.5 Å². The van der Waals surface area contributed by atoms with Gasteiger partial charge in [0.1, 0.15) is 59.9 Å². The number of carbonyl (C=O) groups excluding carboxylic acids is 12. The molecule has 4 N–H and O–H groups in total. The molecule has 93 heavy (non-hydrogen) atoms. The van der Waals surface area contributed by atoms with Crippen molar-refractivity contribution in [3.05, 3.63) is 33.4 Å². The maximum atomic E-state index is 15.2. The molecule has 24 nitrogen and oxygen atoms in total. The Kier molecular flexibility index (Phi) is 27.9. The highest BCUT2D eigenvalue weighted by molar-refractivity contribution is 14.1. The Bertz CT molecular complexity index is 2860. The summed E-state index contributed by atoms with van der Waals surface area (Å²) in [5, 5.41) is 11.6. The quantitative estimate of drug-likeness (QED) is 0.214. The van der Waals surface area contributed by atoms with Gasteiger partial charge in [-0.25, -0.2) is 0 Å². The third-order valence-corrected chi connectivity index (χ3v) is 20.9. The fourth-order valence-corrected chi connectivity index (χ4v) is 14.1. The minimum atomic E-state index is -1.67. The maximum absolute atomic E-state index is 15.2. The number of amides is 12. The second-order valence-corrected chi connectivity index (χ2v) is 29.0. The molecule has 1 saturated carbocycles. The molecule has 0 bridgehead atoms. The van der Waals surface area contributed by atoms with Gasteiger partial charge >= 0.3 is 0 Å². The van der Waals surface area contributed by atoms with E-state index in [1.54, 1.807) is 18.7 Å². The van der Waals surface area contributed by atoms with Gasteiger partial charge in [0.15, 0.2) is 0 Å². The van der Waals surface area contributed by atoms with E-state index in [2.05, 4.69) is 43.9 Å². The van der Waals surface area contributed by atoms with Crippen LogP contribution in [0.5, 0.6) is 0 Å². The first-order valence-electron chi connectivity index (χ1n) is 34.1. The normalized spacial score (nSPS) is 27.9. The van der Waals surface area contributed by atoms with Crippen LogP contribution in [0.1, 0.15) is 177 Å². The van der Waals surface area contributed by atoms with Gasteiger partial charge in [-0.15, -0.1) is 0 Å². The number of nitrogens with zero attached hydrogens (tertiary/aromatic N) is 8. The van der Waals surface area contributed by atoms with E-state index in [1.165, 1.54) is 83.4 Å². The van der Waals surface area contributed by atoms with Gasteiger partial charge in [0.2, 0.25) is 70.9 Å². The van der Waals surface area contributed by atoms with Crippen LogP contribution in [-0.2, 0) is 64.0 Å². The lowest BCUT2D eigenvalue weighted by atomic mass is 9.94. The molecular weight excluding hydrogens is 1300 g/mol. The summed E-state index contributed by atoms with van der Waals surface area (Å²) in [6, 6.07) is -2.98. The smallest absolute Gasteiger partial charge is 0.246 e. The zero-order valence-corrected chi connectivity index (χ0v) is 59.7. The number of rotatable bonds is 12. The number of carbonyl (C=O) groups is 12. The molecule has 1 aliphatic carbocycles. The number of hydrogen-bond acceptors (Lipinski definition) is 12. The summed E-state index contributed by atoms with van der Waals surface area (Å²) >= 11 is 2.15. The van der Waals surface area contributed by atoms with Crippen molar-refractivity contribution >= 4 is 93.5 Å². The maximum Gasteiger partial charge on any atom is 0.246 e. The van der Waals surface area contributed by atoms with Crippen LogP contribution in [-0.4, -0.2) is 238 Å². The predicted octanol–water partition coefficient (Wildman–Crippen LogP) is 4.23. The number of hydrogen-bond donors (Lipinski definition) is 4. The number of likely N-dealkylation sites (tertiary alicyclic amines) is 1. The van der Waals surface area contributed by atoms with Gasteiger partial charge in [-0.1, -0.05) is 91.7 Å². The van der Waals surface area contributed by atoms with Crippen molar-refractivity contribution in [2.75, 3.05) is 68.0 Å². The molecule has 0 spiro atoms. The summed E-state index contributed by atoms with van der Waals surface area (Å²) in [4.78, 5) is 188. The Hall–Kier alpha value is -6.41. The Morgan fingerprint density at radius 1 is 0.645 bits per heavy atom. The number of unbranched alkanes of at least 4 members (excludes halogenated alkanes) is 1. The van der Waals surface area contributed by atoms with E-state index in [1.807, 2.05) is 52.0 Å². The predicted molar refractivity (Wildman–Crippen MR) is 360 cm³/mol. The minimum Gasteiger partial charge on any atom is -0.343 e. The molecule has 5 fully saturated rings. The molecule has 10 atom stereocenters. The first-order valence-corrected chi connectivity index (χ1v) is 35.2. The van der Waals surface area contributed by atoms with Crippen LogP contribution in [0.4, 0.5) is 0 Å². The number of piperidine rings is 2. The van der Waals surface area contributed by atoms with Crippen molar-refractivity contribution in [1.29, 1.82) is 0 Å². The summed E-state index contributed by atoms with van der Waals surface area (Å²) in [6.07, 6.45) is 9.24. The molecule has 0 radical (unpaired) electrons. The zero-order valence-electron chi connectivity index (χ0n) is 57.6. The lowest BCUT2D eigenvalue weighted by Gasteiger charge is -2.45. The van der Waals surface area contributed by atoms with Crippen LogP contribution in [0.3, 0.4) is 0 Å². The Balaban J connectivity index is 1.41. The van der Waals surface area contributed by atoms with Crippen LogP contribution in [0, 0.1) is 21.3 Å². The summed E-state index contributed by atoms with van der Waals surface area (Å²) in [6.45, 7) is 14.6. The van der Waals surface area contributed by atoms with Crippen LogP contribution in [0.25, 0.3) is 0 Å². The molecule has 0 unspecified atom stereocenters. The fourth-order valence-electron chi connectivity index (χ4n) is 13.5. The Morgan fingerprint density at radius 3 is 1.91 bits per heavy atom. The first-order chi connectivity index (χ1) is 43.9. The molecule has 4 aliphatic heterocycles. The first kappa shape index (κ1) is 75.6. The molecule has 1 aromatic carbocycles. The molecular formula is C68H107IN12O12. The molecule has 1 aromatic rings. The van der Waals surface area contributed by atoms with E-state index in [4.69, 9.17) is 0 Å². The summed E-state index contributed by atoms with van der Waals surface area (Å²) in [7, 11) is 7.33. The third kappa shape index (κ3) is 19.2. The van der Waals surface area contributed by atoms with Crippen molar-refractivity contribution in [2.45, 2.75) is 237 Å². The standard InChI is InChI=1S/C68H107IN12O12/c1-14-16-29-48-62(88)78(13)68(7,8)67(93)72-50(36-42(3)4)61(87)76(11)54(65(91)79-32-21-17-22-33-79)40-56(83)80-34-23-20-30-51(80)59(85)73-57(43(5)15-2)66(92)75(10)44(6)60(86)81-35-31-52(81)64(90)77(12)53(39-45-25-18-19-26-45)63(89)74(9)41-55(82)70-49(58(84)71-48)38-46-27-24-28-47(69)37-46/h24,27-28,37,42-45,48-54,57H,14-23,25-26,29-36,38-41H2,1-13H3,(H,70,82)(H,71,84)(H,72,93)(H,73,85)/t43-,44-,48-,49-,50-,51-,52-,53-,54-,57-/m0/s1. The highest BCUT2D eigenvalue weighted by atomic mass is 127. The van der Waals surface area contributed by atoms with Crippen molar-refractivity contribution in [2.24, 2.45) is 17.8 Å². The van der Waals surface area contributed by atoms with Gasteiger partial charge in [-0.2, -0.15) is 0 Å². The number of likely N-dealkylation sites (N-methyl/N-ethyl adjacent to an activating group) is 5. The molecule has 6 rings (SSSR count). The lowest BCUT2D eigenvalue weighted by molar-refractivity contribution is -0.160. The highest BCUT2D eigenvalue weighted by Gasteiger charge is 2.48. The van der Waals surface area contributed by atoms with E-state index < -0.39 is 150 Å². The lowest BCUT2D eigenvalue weighted by Crippen LogP contribution is -2.65. The fraction of sp³-hybridized carbons (Fsp3) is 0.735. The Morgan fingerprint density at radius 2 is 1.30 bits per heavy atom. The van der Waals surface area contributed by atoms with Gasteiger partial charge in [-0.05, 0) is 143 Å². The van der Waals surface area contributed by atoms with E-state index in [-0.39, 0.29) is 50.6 Å². The van der Waals surface area contributed by atoms with Gasteiger partial charge in [0, 0.05) is 71.4 Å².